The quantitative estimate of drug-likeness (QED) is 0.788. The van der Waals surface area contributed by atoms with Crippen molar-refractivity contribution in [1.82, 2.24) is 0 Å². The molecule has 2 aromatic carbocycles. The van der Waals surface area contributed by atoms with Crippen molar-refractivity contribution in [3.63, 3.8) is 0 Å². The number of carboxylic acids is 1. The van der Waals surface area contributed by atoms with Crippen LogP contribution >= 0.6 is 0 Å². The Morgan fingerprint density at radius 1 is 0.960 bits per heavy atom. The zero-order valence-electron chi connectivity index (χ0n) is 14.6. The molecule has 3 rings (SSSR count). The number of aromatic hydroxyl groups is 1. The first-order valence-electron chi connectivity index (χ1n) is 8.77. The Kier molecular flexibility index (Phi) is 4.67. The summed E-state index contributed by atoms with van der Waals surface area (Å²) in [6, 6.07) is 12.4. The summed E-state index contributed by atoms with van der Waals surface area (Å²) in [6.07, 6.45) is 5.82. The minimum atomic E-state index is -0.936. The SMILES string of the molecule is C=C(c1ccc(C(=O)O)cc1)c1ccc(O)c(C2(C)CCCCC2)c1. The molecule has 1 saturated carbocycles. The zero-order valence-corrected chi connectivity index (χ0v) is 14.6. The fourth-order valence-electron chi connectivity index (χ4n) is 3.79. The van der Waals surface area contributed by atoms with Gasteiger partial charge in [-0.25, -0.2) is 4.79 Å². The van der Waals surface area contributed by atoms with Crippen molar-refractivity contribution in [2.24, 2.45) is 0 Å². The van der Waals surface area contributed by atoms with Gasteiger partial charge < -0.3 is 10.2 Å². The molecule has 0 radical (unpaired) electrons. The molecular formula is C22H24O3. The summed E-state index contributed by atoms with van der Waals surface area (Å²) < 4.78 is 0. The van der Waals surface area contributed by atoms with Gasteiger partial charge >= 0.3 is 5.97 Å². The van der Waals surface area contributed by atoms with Gasteiger partial charge in [-0.15, -0.1) is 0 Å². The number of hydrogen-bond donors (Lipinski definition) is 2. The third-order valence-corrected chi connectivity index (χ3v) is 5.43. The minimum absolute atomic E-state index is 0.00574. The van der Waals surface area contributed by atoms with Gasteiger partial charge in [-0.1, -0.05) is 51.0 Å². The van der Waals surface area contributed by atoms with Gasteiger partial charge in [0, 0.05) is 5.56 Å². The molecule has 0 aromatic heterocycles. The van der Waals surface area contributed by atoms with Crippen LogP contribution in [-0.2, 0) is 5.41 Å². The maximum atomic E-state index is 11.0. The van der Waals surface area contributed by atoms with E-state index < -0.39 is 5.97 Å². The lowest BCUT2D eigenvalue weighted by Crippen LogP contribution is -2.25. The number of benzene rings is 2. The molecule has 0 spiro atoms. The summed E-state index contributed by atoms with van der Waals surface area (Å²) in [7, 11) is 0. The summed E-state index contributed by atoms with van der Waals surface area (Å²) in [6.45, 7) is 6.41. The van der Waals surface area contributed by atoms with E-state index >= 15 is 0 Å². The Balaban J connectivity index is 1.93. The van der Waals surface area contributed by atoms with E-state index in [-0.39, 0.29) is 11.0 Å². The van der Waals surface area contributed by atoms with Crippen LogP contribution in [0.4, 0.5) is 0 Å². The molecule has 3 heteroatoms. The van der Waals surface area contributed by atoms with E-state index in [1.807, 2.05) is 12.1 Å². The lowest BCUT2D eigenvalue weighted by atomic mass is 9.70. The van der Waals surface area contributed by atoms with Gasteiger partial charge in [-0.05, 0) is 59.2 Å². The number of aromatic carboxylic acids is 1. The average molecular weight is 336 g/mol. The summed E-state index contributed by atoms with van der Waals surface area (Å²) in [5, 5.41) is 19.4. The molecule has 0 aliphatic heterocycles. The smallest absolute Gasteiger partial charge is 0.335 e. The molecule has 0 amide bonds. The van der Waals surface area contributed by atoms with Gasteiger partial charge in [0.2, 0.25) is 0 Å². The third kappa shape index (κ3) is 3.46. The molecule has 0 heterocycles. The summed E-state index contributed by atoms with van der Waals surface area (Å²) in [5.41, 5.74) is 3.94. The van der Waals surface area contributed by atoms with E-state index in [1.54, 1.807) is 30.3 Å². The molecule has 1 aliphatic rings. The fraction of sp³-hybridized carbons (Fsp3) is 0.318. The first-order valence-corrected chi connectivity index (χ1v) is 8.77. The van der Waals surface area contributed by atoms with Crippen LogP contribution in [0.3, 0.4) is 0 Å². The predicted molar refractivity (Wildman–Crippen MR) is 100 cm³/mol. The number of hydrogen-bond acceptors (Lipinski definition) is 2. The topological polar surface area (TPSA) is 57.5 Å². The summed E-state index contributed by atoms with van der Waals surface area (Å²) >= 11 is 0. The molecular weight excluding hydrogens is 312 g/mol. The second-order valence-corrected chi connectivity index (χ2v) is 7.21. The lowest BCUT2D eigenvalue weighted by molar-refractivity contribution is 0.0697. The van der Waals surface area contributed by atoms with Crippen LogP contribution in [0.25, 0.3) is 5.57 Å². The molecule has 0 unspecified atom stereocenters. The van der Waals surface area contributed by atoms with Gasteiger partial charge in [0.05, 0.1) is 5.56 Å². The van der Waals surface area contributed by atoms with Crippen molar-refractivity contribution < 1.29 is 15.0 Å². The van der Waals surface area contributed by atoms with E-state index in [2.05, 4.69) is 13.5 Å². The van der Waals surface area contributed by atoms with Crippen molar-refractivity contribution in [3.8, 4) is 5.75 Å². The Morgan fingerprint density at radius 3 is 2.12 bits per heavy atom. The first kappa shape index (κ1) is 17.3. The highest BCUT2D eigenvalue weighted by atomic mass is 16.4. The molecule has 1 aliphatic carbocycles. The van der Waals surface area contributed by atoms with Crippen LogP contribution in [0.2, 0.25) is 0 Å². The summed E-state index contributed by atoms with van der Waals surface area (Å²) in [4.78, 5) is 11.0. The predicted octanol–water partition coefficient (Wildman–Crippen LogP) is 5.37. The van der Waals surface area contributed by atoms with Crippen molar-refractivity contribution in [2.75, 3.05) is 0 Å². The standard InChI is InChI=1S/C22H24O3/c1-15(16-6-8-17(9-7-16)21(24)25)18-10-11-20(23)19(14-18)22(2)12-4-3-5-13-22/h6-11,14,23H,1,3-5,12-13H2,2H3,(H,24,25). The molecule has 25 heavy (non-hydrogen) atoms. The van der Waals surface area contributed by atoms with Crippen LogP contribution in [-0.4, -0.2) is 16.2 Å². The summed E-state index contributed by atoms with van der Waals surface area (Å²) in [5.74, 6) is -0.587. The van der Waals surface area contributed by atoms with E-state index in [9.17, 15) is 9.90 Å². The fourth-order valence-corrected chi connectivity index (χ4v) is 3.79. The molecule has 0 bridgehead atoms. The largest absolute Gasteiger partial charge is 0.508 e. The minimum Gasteiger partial charge on any atom is -0.508 e. The van der Waals surface area contributed by atoms with Gasteiger partial charge in [0.1, 0.15) is 5.75 Å². The molecule has 0 atom stereocenters. The molecule has 1 fully saturated rings. The monoisotopic (exact) mass is 336 g/mol. The molecule has 2 N–H and O–H groups in total. The van der Waals surface area contributed by atoms with E-state index in [1.165, 1.54) is 19.3 Å². The Hall–Kier alpha value is -2.55. The average Bonchev–Trinajstić information content (AvgIpc) is 2.62. The normalized spacial score (nSPS) is 16.4. The Labute approximate surface area is 148 Å². The number of phenols is 1. The van der Waals surface area contributed by atoms with Gasteiger partial charge in [-0.3, -0.25) is 0 Å². The number of carboxylic acid groups (broad SMARTS) is 1. The highest BCUT2D eigenvalue weighted by Gasteiger charge is 2.31. The molecule has 130 valence electrons. The highest BCUT2D eigenvalue weighted by molar-refractivity contribution is 5.88. The van der Waals surface area contributed by atoms with E-state index in [0.29, 0.717) is 5.75 Å². The van der Waals surface area contributed by atoms with Crippen molar-refractivity contribution >= 4 is 11.5 Å². The first-order chi connectivity index (χ1) is 11.9. The lowest BCUT2D eigenvalue weighted by Gasteiger charge is -2.35. The maximum absolute atomic E-state index is 11.0. The van der Waals surface area contributed by atoms with Crippen molar-refractivity contribution in [1.29, 1.82) is 0 Å². The van der Waals surface area contributed by atoms with E-state index in [0.717, 1.165) is 35.1 Å². The second-order valence-electron chi connectivity index (χ2n) is 7.21. The van der Waals surface area contributed by atoms with Gasteiger partial charge in [0.25, 0.3) is 0 Å². The maximum Gasteiger partial charge on any atom is 0.335 e. The Bertz CT molecular complexity index is 797. The number of carbonyl (C=O) groups is 1. The van der Waals surface area contributed by atoms with Crippen LogP contribution < -0.4 is 0 Å². The second kappa shape index (κ2) is 6.75. The van der Waals surface area contributed by atoms with Crippen LogP contribution in [0.1, 0.15) is 66.1 Å². The zero-order chi connectivity index (χ0) is 18.0. The third-order valence-electron chi connectivity index (χ3n) is 5.43. The van der Waals surface area contributed by atoms with Gasteiger partial charge in [0.15, 0.2) is 0 Å². The van der Waals surface area contributed by atoms with Crippen LogP contribution in [0.5, 0.6) is 5.75 Å². The Morgan fingerprint density at radius 2 is 1.52 bits per heavy atom. The van der Waals surface area contributed by atoms with Gasteiger partial charge in [-0.2, -0.15) is 0 Å². The molecule has 0 saturated heterocycles. The molecule has 2 aromatic rings. The number of phenolic OH excluding ortho intramolecular Hbond substituents is 1. The van der Waals surface area contributed by atoms with E-state index in [4.69, 9.17) is 5.11 Å². The number of rotatable bonds is 4. The highest BCUT2D eigenvalue weighted by Crippen LogP contribution is 2.43. The van der Waals surface area contributed by atoms with Crippen LogP contribution in [0, 0.1) is 0 Å². The van der Waals surface area contributed by atoms with Crippen molar-refractivity contribution in [3.05, 3.63) is 71.3 Å². The van der Waals surface area contributed by atoms with Crippen LogP contribution in [0.15, 0.2) is 49.0 Å². The van der Waals surface area contributed by atoms with Crippen molar-refractivity contribution in [2.45, 2.75) is 44.4 Å². The molecule has 3 nitrogen and oxygen atoms in total.